The lowest BCUT2D eigenvalue weighted by molar-refractivity contribution is 1.07. The number of hydrogen-bond donors (Lipinski definition) is 0. The van der Waals surface area contributed by atoms with Crippen LogP contribution in [-0.2, 0) is 0 Å². The van der Waals surface area contributed by atoms with Gasteiger partial charge in [-0.3, -0.25) is 14.5 Å². The summed E-state index contributed by atoms with van der Waals surface area (Å²) in [4.78, 5) is 19.1. The third-order valence-electron chi connectivity index (χ3n) is 8.34. The van der Waals surface area contributed by atoms with Crippen molar-refractivity contribution in [3.8, 4) is 34.2 Å². The maximum absolute atomic E-state index is 5.18. The standard InChI is InChI=1S/C38H24N6/c1-4-15-33-25(9-1)28-23-39-21-19-36(28)43(33)35-17-6-3-11-27(35)30-12-7-13-31(41-30)32-14-8-18-38(42-32)44-34-16-5-2-10-26(34)29-24-40-22-20-37(29)44/h1-24H. The van der Waals surface area contributed by atoms with Gasteiger partial charge in [-0.25, -0.2) is 9.97 Å². The zero-order valence-corrected chi connectivity index (χ0v) is 23.5. The van der Waals surface area contributed by atoms with Crippen LogP contribution < -0.4 is 0 Å². The second kappa shape index (κ2) is 9.71. The predicted molar refractivity (Wildman–Crippen MR) is 177 cm³/mol. The lowest BCUT2D eigenvalue weighted by atomic mass is 10.1. The Bertz CT molecular complexity index is 2420. The molecule has 0 radical (unpaired) electrons. The zero-order chi connectivity index (χ0) is 29.0. The van der Waals surface area contributed by atoms with Gasteiger partial charge >= 0.3 is 0 Å². The van der Waals surface area contributed by atoms with E-state index in [0.717, 1.165) is 72.4 Å². The Balaban J connectivity index is 1.20. The summed E-state index contributed by atoms with van der Waals surface area (Å²) in [5.41, 5.74) is 9.02. The fourth-order valence-corrected chi connectivity index (χ4v) is 6.44. The number of para-hydroxylation sites is 3. The summed E-state index contributed by atoms with van der Waals surface area (Å²) >= 11 is 0. The monoisotopic (exact) mass is 564 g/mol. The van der Waals surface area contributed by atoms with E-state index in [0.29, 0.717) is 0 Å². The Morgan fingerprint density at radius 2 is 0.932 bits per heavy atom. The van der Waals surface area contributed by atoms with Gasteiger partial charge in [0, 0.05) is 51.9 Å². The Kier molecular flexibility index (Phi) is 5.40. The number of hydrogen-bond acceptors (Lipinski definition) is 4. The summed E-state index contributed by atoms with van der Waals surface area (Å²) < 4.78 is 4.51. The van der Waals surface area contributed by atoms with Crippen LogP contribution in [0.3, 0.4) is 0 Å². The molecule has 6 aromatic heterocycles. The highest BCUT2D eigenvalue weighted by molar-refractivity contribution is 6.10. The van der Waals surface area contributed by atoms with E-state index in [2.05, 4.69) is 110 Å². The minimum atomic E-state index is 0.810. The van der Waals surface area contributed by atoms with Crippen LogP contribution in [0.1, 0.15) is 0 Å². The number of rotatable bonds is 4. The molecule has 3 aromatic carbocycles. The number of fused-ring (bicyclic) bond motifs is 6. The molecule has 0 fully saturated rings. The molecule has 6 heteroatoms. The van der Waals surface area contributed by atoms with Crippen molar-refractivity contribution in [2.24, 2.45) is 0 Å². The SMILES string of the molecule is c1cc(-c2cccc(-n3c4ccccc4c4cnccc43)n2)nc(-c2ccccc2-n2c3ccccc3c3cnccc32)c1. The third-order valence-corrected chi connectivity index (χ3v) is 8.34. The molecule has 0 atom stereocenters. The molecule has 6 heterocycles. The summed E-state index contributed by atoms with van der Waals surface area (Å²) in [5.74, 6) is 0.839. The Morgan fingerprint density at radius 1 is 0.386 bits per heavy atom. The van der Waals surface area contributed by atoms with Crippen molar-refractivity contribution in [1.82, 2.24) is 29.1 Å². The van der Waals surface area contributed by atoms with Gasteiger partial charge in [0.25, 0.3) is 0 Å². The number of benzene rings is 3. The van der Waals surface area contributed by atoms with Gasteiger partial charge in [-0.1, -0.05) is 66.7 Å². The minimum absolute atomic E-state index is 0.810. The van der Waals surface area contributed by atoms with Crippen molar-refractivity contribution in [2.75, 3.05) is 0 Å². The van der Waals surface area contributed by atoms with Crippen LogP contribution in [0.15, 0.2) is 146 Å². The van der Waals surface area contributed by atoms with Gasteiger partial charge in [-0.15, -0.1) is 0 Å². The molecule has 44 heavy (non-hydrogen) atoms. The van der Waals surface area contributed by atoms with Crippen molar-refractivity contribution < 1.29 is 0 Å². The maximum atomic E-state index is 5.18. The van der Waals surface area contributed by atoms with Crippen LogP contribution in [0.25, 0.3) is 77.8 Å². The predicted octanol–water partition coefficient (Wildman–Crippen LogP) is 8.79. The molecule has 0 unspecified atom stereocenters. The molecule has 0 saturated heterocycles. The van der Waals surface area contributed by atoms with E-state index >= 15 is 0 Å². The van der Waals surface area contributed by atoms with E-state index < -0.39 is 0 Å². The summed E-state index contributed by atoms with van der Waals surface area (Å²) in [7, 11) is 0. The highest BCUT2D eigenvalue weighted by atomic mass is 15.1. The molecular formula is C38H24N6. The average molecular weight is 565 g/mol. The minimum Gasteiger partial charge on any atom is -0.308 e. The first-order valence-corrected chi connectivity index (χ1v) is 14.6. The molecule has 6 nitrogen and oxygen atoms in total. The molecule has 0 spiro atoms. The van der Waals surface area contributed by atoms with Gasteiger partial charge in [-0.05, 0) is 54.6 Å². The van der Waals surface area contributed by atoms with E-state index in [1.165, 1.54) is 5.39 Å². The van der Waals surface area contributed by atoms with Crippen LogP contribution in [0.2, 0.25) is 0 Å². The van der Waals surface area contributed by atoms with Crippen molar-refractivity contribution in [3.05, 3.63) is 146 Å². The number of aromatic nitrogens is 6. The van der Waals surface area contributed by atoms with E-state index in [9.17, 15) is 0 Å². The van der Waals surface area contributed by atoms with Crippen molar-refractivity contribution in [1.29, 1.82) is 0 Å². The quantitative estimate of drug-likeness (QED) is 0.214. The lowest BCUT2D eigenvalue weighted by Crippen LogP contribution is -2.00. The van der Waals surface area contributed by atoms with E-state index in [4.69, 9.17) is 9.97 Å². The van der Waals surface area contributed by atoms with Crippen molar-refractivity contribution in [3.63, 3.8) is 0 Å². The van der Waals surface area contributed by atoms with Crippen LogP contribution in [0.5, 0.6) is 0 Å². The molecule has 0 N–H and O–H groups in total. The Labute approximate surface area is 252 Å². The highest BCUT2D eigenvalue weighted by Crippen LogP contribution is 2.36. The lowest BCUT2D eigenvalue weighted by Gasteiger charge is -2.14. The first kappa shape index (κ1) is 24.5. The average Bonchev–Trinajstić information content (AvgIpc) is 3.62. The first-order chi connectivity index (χ1) is 21.8. The second-order valence-electron chi connectivity index (χ2n) is 10.8. The summed E-state index contributed by atoms with van der Waals surface area (Å²) in [6, 6.07) is 41.7. The third kappa shape index (κ3) is 3.68. The van der Waals surface area contributed by atoms with Gasteiger partial charge in [0.1, 0.15) is 5.82 Å². The van der Waals surface area contributed by atoms with Crippen molar-refractivity contribution >= 4 is 43.6 Å². The molecular weight excluding hydrogens is 540 g/mol. The normalized spacial score (nSPS) is 11.6. The van der Waals surface area contributed by atoms with Gasteiger partial charge < -0.3 is 4.57 Å². The molecule has 9 rings (SSSR count). The second-order valence-corrected chi connectivity index (χ2v) is 10.8. The summed E-state index contributed by atoms with van der Waals surface area (Å²) in [6.45, 7) is 0. The van der Waals surface area contributed by atoms with E-state index in [1.807, 2.05) is 55.1 Å². The van der Waals surface area contributed by atoms with Crippen LogP contribution >= 0.6 is 0 Å². The van der Waals surface area contributed by atoms with Crippen LogP contribution in [0, 0.1) is 0 Å². The van der Waals surface area contributed by atoms with E-state index in [-0.39, 0.29) is 0 Å². The Morgan fingerprint density at radius 3 is 1.68 bits per heavy atom. The zero-order valence-electron chi connectivity index (χ0n) is 23.5. The molecule has 0 aliphatic heterocycles. The summed E-state index contributed by atoms with van der Waals surface area (Å²) in [6.07, 6.45) is 7.55. The maximum Gasteiger partial charge on any atom is 0.138 e. The van der Waals surface area contributed by atoms with Crippen LogP contribution in [0.4, 0.5) is 0 Å². The van der Waals surface area contributed by atoms with Gasteiger partial charge in [0.2, 0.25) is 0 Å². The number of nitrogens with zero attached hydrogens (tertiary/aromatic N) is 6. The molecule has 0 amide bonds. The molecule has 0 saturated carbocycles. The molecule has 0 bridgehead atoms. The molecule has 206 valence electrons. The first-order valence-electron chi connectivity index (χ1n) is 14.6. The fraction of sp³-hybridized carbons (Fsp3) is 0. The van der Waals surface area contributed by atoms with Gasteiger partial charge in [0.15, 0.2) is 0 Å². The summed E-state index contributed by atoms with van der Waals surface area (Å²) in [5, 5.41) is 4.56. The van der Waals surface area contributed by atoms with E-state index in [1.54, 1.807) is 0 Å². The van der Waals surface area contributed by atoms with Gasteiger partial charge in [-0.2, -0.15) is 0 Å². The molecule has 0 aliphatic rings. The van der Waals surface area contributed by atoms with Gasteiger partial charge in [0.05, 0.1) is 44.8 Å². The number of pyridine rings is 4. The fourth-order valence-electron chi connectivity index (χ4n) is 6.44. The molecule has 9 aromatic rings. The molecule has 0 aliphatic carbocycles. The highest BCUT2D eigenvalue weighted by Gasteiger charge is 2.17. The van der Waals surface area contributed by atoms with Crippen molar-refractivity contribution in [2.45, 2.75) is 0 Å². The topological polar surface area (TPSA) is 61.4 Å². The smallest absolute Gasteiger partial charge is 0.138 e. The van der Waals surface area contributed by atoms with Crippen LogP contribution in [-0.4, -0.2) is 29.1 Å². The largest absolute Gasteiger partial charge is 0.308 e. The Hall–Kier alpha value is -6.14.